The highest BCUT2D eigenvalue weighted by Gasteiger charge is 2.39. The van der Waals surface area contributed by atoms with E-state index in [1.807, 2.05) is 12.3 Å². The van der Waals surface area contributed by atoms with E-state index in [2.05, 4.69) is 53.1 Å². The summed E-state index contributed by atoms with van der Waals surface area (Å²) < 4.78 is 23.6. The Hall–Kier alpha value is -3.57. The zero-order chi connectivity index (χ0) is 27.9. The average molecular weight is 549 g/mol. The second-order valence-electron chi connectivity index (χ2n) is 10.9. The molecule has 0 aliphatic carbocycles. The Morgan fingerprint density at radius 2 is 2.00 bits per heavy atom. The van der Waals surface area contributed by atoms with Gasteiger partial charge in [-0.2, -0.15) is 0 Å². The molecule has 0 bridgehead atoms. The molecule has 5 rings (SSSR count). The van der Waals surface area contributed by atoms with Gasteiger partial charge in [-0.05, 0) is 54.8 Å². The molecule has 1 saturated heterocycles. The number of aliphatic imine (C=N–C) groups is 1. The predicted octanol–water partition coefficient (Wildman–Crippen LogP) is 3.58. The van der Waals surface area contributed by atoms with Crippen LogP contribution in [-0.2, 0) is 9.84 Å². The molecule has 206 valence electrons. The lowest BCUT2D eigenvalue weighted by Crippen LogP contribution is -2.63. The first kappa shape index (κ1) is 27.0. The molecule has 1 aromatic carbocycles. The number of hydrogen-bond donors (Lipinski definition) is 3. The Morgan fingerprint density at radius 1 is 1.21 bits per heavy atom. The summed E-state index contributed by atoms with van der Waals surface area (Å²) in [5.74, 6) is 2.07. The number of fused-ring (bicyclic) bond motifs is 1. The topological polar surface area (TPSA) is 152 Å². The van der Waals surface area contributed by atoms with Crippen molar-refractivity contribution in [2.24, 2.45) is 22.4 Å². The summed E-state index contributed by atoms with van der Waals surface area (Å²) in [6, 6.07) is 8.27. The number of sulfone groups is 1. The standard InChI is InChI=1S/C28H36N8O2S/c1-16(2)19-6-8-24(36-14-18(27(36)30)15-39(4,37)38)22-13-32-26(11-20(19)22)34-25-9-10-31-28(35-25)21(12-29)23-7-5-17(3)33-23/h6,8-13,16-18,27H,5,7,14-15,29-30H2,1-4H3,(H,31,32,34,35)/t17-,18+,27-/m0/s1. The molecule has 0 spiro atoms. The van der Waals surface area contributed by atoms with E-state index < -0.39 is 9.84 Å². The largest absolute Gasteiger partial charge is 0.404 e. The fraction of sp³-hybridized carbons (Fsp3) is 0.429. The third kappa shape index (κ3) is 5.60. The highest BCUT2D eigenvalue weighted by molar-refractivity contribution is 7.90. The van der Waals surface area contributed by atoms with Crippen LogP contribution in [0.25, 0.3) is 16.3 Å². The minimum Gasteiger partial charge on any atom is -0.404 e. The number of nitrogens with zero attached hydrogens (tertiary/aromatic N) is 5. The Balaban J connectivity index is 1.44. The van der Waals surface area contributed by atoms with Crippen LogP contribution >= 0.6 is 0 Å². The molecule has 11 heteroatoms. The molecule has 2 aromatic heterocycles. The number of rotatable bonds is 8. The van der Waals surface area contributed by atoms with Crippen molar-refractivity contribution < 1.29 is 8.42 Å². The molecule has 1 fully saturated rings. The van der Waals surface area contributed by atoms with E-state index in [0.29, 0.717) is 24.0 Å². The molecule has 4 heterocycles. The highest BCUT2D eigenvalue weighted by Crippen LogP contribution is 2.38. The van der Waals surface area contributed by atoms with Crippen LogP contribution in [0, 0.1) is 5.92 Å². The maximum atomic E-state index is 11.8. The quantitative estimate of drug-likeness (QED) is 0.383. The van der Waals surface area contributed by atoms with E-state index >= 15 is 0 Å². The van der Waals surface area contributed by atoms with Crippen molar-refractivity contribution in [1.29, 1.82) is 0 Å². The van der Waals surface area contributed by atoms with Crippen LogP contribution in [0.4, 0.5) is 17.3 Å². The first-order chi connectivity index (χ1) is 18.5. The maximum absolute atomic E-state index is 11.8. The van der Waals surface area contributed by atoms with Gasteiger partial charge in [-0.25, -0.2) is 23.4 Å². The Morgan fingerprint density at radius 3 is 2.64 bits per heavy atom. The monoisotopic (exact) mass is 548 g/mol. The van der Waals surface area contributed by atoms with Gasteiger partial charge in [0, 0.05) is 60.1 Å². The Kier molecular flexibility index (Phi) is 7.30. The van der Waals surface area contributed by atoms with E-state index in [0.717, 1.165) is 40.6 Å². The van der Waals surface area contributed by atoms with Gasteiger partial charge in [-0.15, -0.1) is 0 Å². The smallest absolute Gasteiger partial charge is 0.164 e. The summed E-state index contributed by atoms with van der Waals surface area (Å²) in [6.07, 6.45) is 7.82. The van der Waals surface area contributed by atoms with Crippen molar-refractivity contribution in [3.8, 4) is 0 Å². The van der Waals surface area contributed by atoms with E-state index in [1.54, 1.807) is 12.3 Å². The number of nitrogens with one attached hydrogen (secondary N) is 1. The number of pyridine rings is 1. The van der Waals surface area contributed by atoms with Crippen molar-refractivity contribution in [3.63, 3.8) is 0 Å². The second-order valence-corrected chi connectivity index (χ2v) is 13.1. The number of allylic oxidation sites excluding steroid dienone is 1. The van der Waals surface area contributed by atoms with Gasteiger partial charge < -0.3 is 21.7 Å². The minimum atomic E-state index is -3.09. The van der Waals surface area contributed by atoms with Gasteiger partial charge in [0.2, 0.25) is 0 Å². The molecule has 5 N–H and O–H groups in total. The van der Waals surface area contributed by atoms with Gasteiger partial charge in [0.05, 0.1) is 17.5 Å². The van der Waals surface area contributed by atoms with Crippen LogP contribution in [-0.4, -0.2) is 59.8 Å². The number of hydrogen-bond acceptors (Lipinski definition) is 10. The van der Waals surface area contributed by atoms with Crippen LogP contribution < -0.4 is 21.7 Å². The zero-order valence-electron chi connectivity index (χ0n) is 22.8. The zero-order valence-corrected chi connectivity index (χ0v) is 23.6. The molecular weight excluding hydrogens is 512 g/mol. The molecule has 0 unspecified atom stereocenters. The predicted molar refractivity (Wildman–Crippen MR) is 158 cm³/mol. The molecule has 2 aliphatic rings. The third-order valence-electron chi connectivity index (χ3n) is 7.44. The van der Waals surface area contributed by atoms with Gasteiger partial charge >= 0.3 is 0 Å². The van der Waals surface area contributed by atoms with Gasteiger partial charge in [-0.3, -0.25) is 4.99 Å². The van der Waals surface area contributed by atoms with Crippen molar-refractivity contribution in [1.82, 2.24) is 15.0 Å². The average Bonchev–Trinajstić information content (AvgIpc) is 3.31. The molecule has 10 nitrogen and oxygen atoms in total. The van der Waals surface area contributed by atoms with Crippen LogP contribution in [0.3, 0.4) is 0 Å². The van der Waals surface area contributed by atoms with Gasteiger partial charge in [0.15, 0.2) is 5.82 Å². The number of benzene rings is 1. The minimum absolute atomic E-state index is 0.0906. The molecule has 0 amide bonds. The fourth-order valence-electron chi connectivity index (χ4n) is 5.40. The van der Waals surface area contributed by atoms with Crippen molar-refractivity contribution in [3.05, 3.63) is 54.2 Å². The lowest BCUT2D eigenvalue weighted by molar-refractivity contribution is 0.328. The second kappa shape index (κ2) is 10.5. The molecule has 2 aliphatic heterocycles. The molecule has 0 saturated carbocycles. The fourth-order valence-corrected chi connectivity index (χ4v) is 6.48. The van der Waals surface area contributed by atoms with E-state index in [1.165, 1.54) is 18.0 Å². The lowest BCUT2D eigenvalue weighted by Gasteiger charge is -2.47. The summed E-state index contributed by atoms with van der Waals surface area (Å²) in [7, 11) is -3.09. The highest BCUT2D eigenvalue weighted by atomic mass is 32.2. The normalized spacial score (nSPS) is 21.8. The number of nitrogens with two attached hydrogens (primary N) is 2. The molecule has 39 heavy (non-hydrogen) atoms. The molecular formula is C28H36N8O2S. The van der Waals surface area contributed by atoms with Crippen LogP contribution in [0.1, 0.15) is 50.9 Å². The maximum Gasteiger partial charge on any atom is 0.164 e. The van der Waals surface area contributed by atoms with E-state index in [-0.39, 0.29) is 29.8 Å². The lowest BCUT2D eigenvalue weighted by atomic mass is 9.92. The molecule has 3 aromatic rings. The first-order valence-electron chi connectivity index (χ1n) is 13.3. The van der Waals surface area contributed by atoms with Gasteiger partial charge in [0.25, 0.3) is 0 Å². The summed E-state index contributed by atoms with van der Waals surface area (Å²) in [5, 5.41) is 5.36. The summed E-state index contributed by atoms with van der Waals surface area (Å²) in [5.41, 5.74) is 16.2. The number of anilines is 3. The summed E-state index contributed by atoms with van der Waals surface area (Å²) >= 11 is 0. The molecule has 3 atom stereocenters. The summed E-state index contributed by atoms with van der Waals surface area (Å²) in [4.78, 5) is 20.6. The molecule has 0 radical (unpaired) electrons. The van der Waals surface area contributed by atoms with Crippen molar-refractivity contribution in [2.75, 3.05) is 28.8 Å². The van der Waals surface area contributed by atoms with Crippen molar-refractivity contribution in [2.45, 2.75) is 51.7 Å². The van der Waals surface area contributed by atoms with Crippen LogP contribution in [0.2, 0.25) is 0 Å². The van der Waals surface area contributed by atoms with Crippen LogP contribution in [0.15, 0.2) is 47.9 Å². The summed E-state index contributed by atoms with van der Waals surface area (Å²) in [6.45, 7) is 6.99. The Bertz CT molecular complexity index is 1570. The van der Waals surface area contributed by atoms with E-state index in [9.17, 15) is 8.42 Å². The third-order valence-corrected chi connectivity index (χ3v) is 8.47. The Labute approximate surface area is 229 Å². The van der Waals surface area contributed by atoms with E-state index in [4.69, 9.17) is 21.4 Å². The first-order valence-corrected chi connectivity index (χ1v) is 15.3. The van der Waals surface area contributed by atoms with Gasteiger partial charge in [0.1, 0.15) is 21.5 Å². The van der Waals surface area contributed by atoms with Crippen molar-refractivity contribution >= 4 is 49.2 Å². The van der Waals surface area contributed by atoms with Crippen LogP contribution in [0.5, 0.6) is 0 Å². The SMILES string of the molecule is CC(C)c1ccc(N2C[C@H](CS(C)(=O)=O)[C@H]2N)c2cnc(Nc3ccnc(C(=CN)C4=N[C@@H](C)CC4)n3)cc12. The number of aromatic nitrogens is 3. The van der Waals surface area contributed by atoms with Gasteiger partial charge in [-0.1, -0.05) is 19.9 Å².